The monoisotopic (exact) mass is 231 g/mol. The summed E-state index contributed by atoms with van der Waals surface area (Å²) in [4.78, 5) is 2.14. The van der Waals surface area contributed by atoms with E-state index in [-0.39, 0.29) is 0 Å². The average Bonchev–Trinajstić information content (AvgIpc) is 2.24. The van der Waals surface area contributed by atoms with Gasteiger partial charge in [-0.15, -0.1) is 0 Å². The van der Waals surface area contributed by atoms with Crippen molar-refractivity contribution in [1.29, 1.82) is 0 Å². The summed E-state index contributed by atoms with van der Waals surface area (Å²) in [5.74, 6) is 0. The Morgan fingerprint density at radius 1 is 0.750 bits per heavy atom. The summed E-state index contributed by atoms with van der Waals surface area (Å²) in [6, 6.07) is 13.3. The average molecular weight is 231 g/mol. The molecule has 0 spiro atoms. The SMILES string of the molecule is Nc1cccc(Sc2ccc(N)c(N)c2)c1. The van der Waals surface area contributed by atoms with Gasteiger partial charge in [0.05, 0.1) is 11.4 Å². The molecule has 0 aliphatic heterocycles. The molecule has 4 heteroatoms. The molecular weight excluding hydrogens is 218 g/mol. The zero-order valence-corrected chi connectivity index (χ0v) is 9.50. The third kappa shape index (κ3) is 2.41. The molecule has 0 bridgehead atoms. The van der Waals surface area contributed by atoms with Crippen LogP contribution in [0, 0.1) is 0 Å². The van der Waals surface area contributed by atoms with Crippen LogP contribution in [-0.4, -0.2) is 0 Å². The number of nitrogen functional groups attached to an aromatic ring is 3. The molecule has 2 aromatic carbocycles. The molecule has 0 aliphatic carbocycles. The minimum absolute atomic E-state index is 0.605. The Morgan fingerprint density at radius 2 is 1.50 bits per heavy atom. The fourth-order valence-electron chi connectivity index (χ4n) is 1.33. The van der Waals surface area contributed by atoms with Gasteiger partial charge in [0.15, 0.2) is 0 Å². The molecule has 0 atom stereocenters. The largest absolute Gasteiger partial charge is 0.399 e. The van der Waals surface area contributed by atoms with Gasteiger partial charge in [0.25, 0.3) is 0 Å². The van der Waals surface area contributed by atoms with Crippen molar-refractivity contribution in [1.82, 2.24) is 0 Å². The minimum atomic E-state index is 0.605. The molecule has 0 amide bonds. The smallest absolute Gasteiger partial charge is 0.0559 e. The van der Waals surface area contributed by atoms with Gasteiger partial charge in [0, 0.05) is 15.5 Å². The number of hydrogen-bond donors (Lipinski definition) is 3. The van der Waals surface area contributed by atoms with E-state index < -0.39 is 0 Å². The predicted octanol–water partition coefficient (Wildman–Crippen LogP) is 2.58. The van der Waals surface area contributed by atoms with Crippen LogP contribution in [0.4, 0.5) is 17.1 Å². The molecule has 0 aliphatic rings. The molecule has 0 saturated heterocycles. The number of benzene rings is 2. The molecule has 2 aromatic rings. The van der Waals surface area contributed by atoms with E-state index in [0.29, 0.717) is 11.4 Å². The van der Waals surface area contributed by atoms with Gasteiger partial charge in [-0.3, -0.25) is 0 Å². The van der Waals surface area contributed by atoms with Crippen molar-refractivity contribution >= 4 is 28.8 Å². The summed E-state index contributed by atoms with van der Waals surface area (Å²) in [5.41, 5.74) is 19.1. The molecule has 0 radical (unpaired) electrons. The summed E-state index contributed by atoms with van der Waals surface area (Å²) in [6.07, 6.45) is 0. The molecule has 6 N–H and O–H groups in total. The molecule has 0 heterocycles. The van der Waals surface area contributed by atoms with Crippen LogP contribution >= 0.6 is 11.8 Å². The molecule has 16 heavy (non-hydrogen) atoms. The van der Waals surface area contributed by atoms with Gasteiger partial charge in [-0.25, -0.2) is 0 Å². The minimum Gasteiger partial charge on any atom is -0.399 e. The maximum atomic E-state index is 5.74. The van der Waals surface area contributed by atoms with Crippen molar-refractivity contribution in [2.24, 2.45) is 0 Å². The highest BCUT2D eigenvalue weighted by Gasteiger charge is 2.00. The summed E-state index contributed by atoms with van der Waals surface area (Å²) < 4.78 is 0. The van der Waals surface area contributed by atoms with Crippen molar-refractivity contribution < 1.29 is 0 Å². The van der Waals surface area contributed by atoms with Crippen LogP contribution < -0.4 is 17.2 Å². The van der Waals surface area contributed by atoms with Gasteiger partial charge >= 0.3 is 0 Å². The van der Waals surface area contributed by atoms with E-state index in [0.717, 1.165) is 15.5 Å². The van der Waals surface area contributed by atoms with Crippen LogP contribution in [0.1, 0.15) is 0 Å². The highest BCUT2D eigenvalue weighted by atomic mass is 32.2. The lowest BCUT2D eigenvalue weighted by molar-refractivity contribution is 1.41. The van der Waals surface area contributed by atoms with Crippen LogP contribution in [0.15, 0.2) is 52.3 Å². The normalized spacial score (nSPS) is 10.2. The topological polar surface area (TPSA) is 78.1 Å². The highest BCUT2D eigenvalue weighted by molar-refractivity contribution is 7.99. The first-order valence-electron chi connectivity index (χ1n) is 4.83. The second kappa shape index (κ2) is 4.37. The highest BCUT2D eigenvalue weighted by Crippen LogP contribution is 2.31. The Hall–Kier alpha value is -1.81. The number of nitrogens with two attached hydrogens (primary N) is 3. The van der Waals surface area contributed by atoms with Crippen molar-refractivity contribution in [3.8, 4) is 0 Å². The summed E-state index contributed by atoms with van der Waals surface area (Å²) in [7, 11) is 0. The van der Waals surface area contributed by atoms with Crippen molar-refractivity contribution in [2.45, 2.75) is 9.79 Å². The Kier molecular flexibility index (Phi) is 2.92. The fourth-order valence-corrected chi connectivity index (χ4v) is 2.27. The molecule has 0 unspecified atom stereocenters. The molecule has 0 aromatic heterocycles. The van der Waals surface area contributed by atoms with Crippen LogP contribution in [-0.2, 0) is 0 Å². The lowest BCUT2D eigenvalue weighted by atomic mass is 10.3. The molecule has 2 rings (SSSR count). The van der Waals surface area contributed by atoms with Crippen molar-refractivity contribution in [3.63, 3.8) is 0 Å². The quantitative estimate of drug-likeness (QED) is 0.694. The standard InChI is InChI=1S/C12H13N3S/c13-8-2-1-3-9(6-8)16-10-4-5-11(14)12(15)7-10/h1-7H,13-15H2. The van der Waals surface area contributed by atoms with E-state index in [2.05, 4.69) is 0 Å². The van der Waals surface area contributed by atoms with Crippen molar-refractivity contribution in [3.05, 3.63) is 42.5 Å². The summed E-state index contributed by atoms with van der Waals surface area (Å²) in [5, 5.41) is 0. The zero-order chi connectivity index (χ0) is 11.5. The second-order valence-corrected chi connectivity index (χ2v) is 4.61. The first kappa shape index (κ1) is 10.7. The van der Waals surface area contributed by atoms with E-state index in [1.165, 1.54) is 0 Å². The van der Waals surface area contributed by atoms with Crippen molar-refractivity contribution in [2.75, 3.05) is 17.2 Å². The molecule has 0 saturated carbocycles. The molecule has 0 fully saturated rings. The molecule has 3 nitrogen and oxygen atoms in total. The predicted molar refractivity (Wildman–Crippen MR) is 70.2 cm³/mol. The number of hydrogen-bond acceptors (Lipinski definition) is 4. The Morgan fingerprint density at radius 3 is 2.19 bits per heavy atom. The lowest BCUT2D eigenvalue weighted by Crippen LogP contribution is -1.93. The number of anilines is 3. The Balaban J connectivity index is 2.24. The maximum Gasteiger partial charge on any atom is 0.0559 e. The summed E-state index contributed by atoms with van der Waals surface area (Å²) in [6.45, 7) is 0. The molecule has 82 valence electrons. The number of rotatable bonds is 2. The van der Waals surface area contributed by atoms with Crippen LogP contribution in [0.5, 0.6) is 0 Å². The van der Waals surface area contributed by atoms with E-state index in [9.17, 15) is 0 Å². The molecular formula is C12H13N3S. The summed E-state index contributed by atoms with van der Waals surface area (Å²) >= 11 is 1.61. The van der Waals surface area contributed by atoms with Gasteiger partial charge in [-0.2, -0.15) is 0 Å². The first-order chi connectivity index (χ1) is 7.65. The third-order valence-electron chi connectivity index (χ3n) is 2.15. The fraction of sp³-hybridized carbons (Fsp3) is 0. The van der Waals surface area contributed by atoms with E-state index in [4.69, 9.17) is 17.2 Å². The first-order valence-corrected chi connectivity index (χ1v) is 5.65. The van der Waals surface area contributed by atoms with Gasteiger partial charge in [-0.05, 0) is 36.4 Å². The van der Waals surface area contributed by atoms with E-state index in [1.54, 1.807) is 11.8 Å². The van der Waals surface area contributed by atoms with Gasteiger partial charge < -0.3 is 17.2 Å². The van der Waals surface area contributed by atoms with Gasteiger partial charge in [0.2, 0.25) is 0 Å². The van der Waals surface area contributed by atoms with Crippen LogP contribution in [0.2, 0.25) is 0 Å². The Labute approximate surface area is 98.6 Å². The maximum absolute atomic E-state index is 5.74. The second-order valence-electron chi connectivity index (χ2n) is 3.47. The lowest BCUT2D eigenvalue weighted by Gasteiger charge is -2.05. The third-order valence-corrected chi connectivity index (χ3v) is 3.13. The van der Waals surface area contributed by atoms with E-state index in [1.807, 2.05) is 42.5 Å². The van der Waals surface area contributed by atoms with Crippen LogP contribution in [0.25, 0.3) is 0 Å². The van der Waals surface area contributed by atoms with Gasteiger partial charge in [0.1, 0.15) is 0 Å². The van der Waals surface area contributed by atoms with E-state index >= 15 is 0 Å². The van der Waals surface area contributed by atoms with Gasteiger partial charge in [-0.1, -0.05) is 17.8 Å². The van der Waals surface area contributed by atoms with Crippen LogP contribution in [0.3, 0.4) is 0 Å². The Bertz CT molecular complexity index is 511. The zero-order valence-electron chi connectivity index (χ0n) is 8.68.